The van der Waals surface area contributed by atoms with Gasteiger partial charge in [-0.1, -0.05) is 42.5 Å². The molecule has 1 unspecified atom stereocenters. The van der Waals surface area contributed by atoms with E-state index in [0.29, 0.717) is 24.4 Å². The number of aromatic nitrogens is 1. The van der Waals surface area contributed by atoms with E-state index in [4.69, 9.17) is 4.98 Å². The van der Waals surface area contributed by atoms with Crippen molar-refractivity contribution in [3.05, 3.63) is 53.0 Å². The van der Waals surface area contributed by atoms with Gasteiger partial charge in [0.2, 0.25) is 0 Å². The van der Waals surface area contributed by atoms with Gasteiger partial charge < -0.3 is 10.0 Å². The van der Waals surface area contributed by atoms with Crippen LogP contribution < -0.4 is 0 Å². The lowest BCUT2D eigenvalue weighted by molar-refractivity contribution is 0.0757. The van der Waals surface area contributed by atoms with Crippen molar-refractivity contribution in [2.75, 3.05) is 13.1 Å². The number of amides is 1. The van der Waals surface area contributed by atoms with Crippen molar-refractivity contribution in [1.82, 2.24) is 9.88 Å². The second-order valence-corrected chi connectivity index (χ2v) is 7.84. The molecular formula is C21H22N2O2S. The van der Waals surface area contributed by atoms with Crippen molar-refractivity contribution >= 4 is 28.0 Å². The van der Waals surface area contributed by atoms with E-state index < -0.39 is 0 Å². The first kappa shape index (κ1) is 17.2. The van der Waals surface area contributed by atoms with Crippen LogP contribution >= 0.6 is 11.3 Å². The topological polar surface area (TPSA) is 53.4 Å². The second kappa shape index (κ2) is 7.17. The van der Waals surface area contributed by atoms with Gasteiger partial charge in [0, 0.05) is 18.7 Å². The van der Waals surface area contributed by atoms with Crippen LogP contribution in [0.2, 0.25) is 0 Å². The Morgan fingerprint density at radius 3 is 2.85 bits per heavy atom. The number of hydrogen-bond acceptors (Lipinski definition) is 4. The number of benzene rings is 2. The molecule has 1 fully saturated rings. The fourth-order valence-electron chi connectivity index (χ4n) is 3.55. The van der Waals surface area contributed by atoms with E-state index in [-0.39, 0.29) is 12.0 Å². The number of aliphatic hydroxyl groups is 1. The molecule has 0 saturated carbocycles. The van der Waals surface area contributed by atoms with Crippen LogP contribution in [0.4, 0.5) is 0 Å². The lowest BCUT2D eigenvalue weighted by atomic mass is 10.1. The van der Waals surface area contributed by atoms with E-state index in [9.17, 15) is 9.90 Å². The van der Waals surface area contributed by atoms with Crippen molar-refractivity contribution < 1.29 is 9.90 Å². The van der Waals surface area contributed by atoms with Crippen molar-refractivity contribution in [3.8, 4) is 10.6 Å². The summed E-state index contributed by atoms with van der Waals surface area (Å²) in [5.41, 5.74) is 1.86. The van der Waals surface area contributed by atoms with Crippen LogP contribution in [-0.2, 0) is 0 Å². The number of carbonyl (C=O) groups is 1. The summed E-state index contributed by atoms with van der Waals surface area (Å²) >= 11 is 1.47. The third-order valence-corrected chi connectivity index (χ3v) is 6.17. The Balaban J connectivity index is 1.68. The number of nitrogens with zero attached hydrogens (tertiary/aromatic N) is 2. The molecule has 0 radical (unpaired) electrons. The highest BCUT2D eigenvalue weighted by Gasteiger charge is 2.24. The van der Waals surface area contributed by atoms with E-state index in [1.54, 1.807) is 0 Å². The van der Waals surface area contributed by atoms with Gasteiger partial charge in [0.05, 0.1) is 11.8 Å². The van der Waals surface area contributed by atoms with E-state index >= 15 is 0 Å². The standard InChI is InChI=1S/C21H22N2O2S/c1-14-19(21(25)23-12-5-8-16(24)11-13-23)26-20(22-14)18-10-4-7-15-6-2-3-9-17(15)18/h2-4,6-7,9-10,16,24H,5,8,11-13H2,1H3. The van der Waals surface area contributed by atoms with Crippen molar-refractivity contribution in [1.29, 1.82) is 0 Å². The van der Waals surface area contributed by atoms with Crippen LogP contribution in [0.5, 0.6) is 0 Å². The molecule has 0 aliphatic carbocycles. The quantitative estimate of drug-likeness (QED) is 0.737. The van der Waals surface area contributed by atoms with Crippen LogP contribution in [0.3, 0.4) is 0 Å². The highest BCUT2D eigenvalue weighted by molar-refractivity contribution is 7.17. The summed E-state index contributed by atoms with van der Waals surface area (Å²) < 4.78 is 0. The number of rotatable bonds is 2. The summed E-state index contributed by atoms with van der Waals surface area (Å²) in [6.07, 6.45) is 1.98. The molecule has 1 aliphatic rings. The molecule has 1 aromatic heterocycles. The van der Waals surface area contributed by atoms with Crippen LogP contribution in [0, 0.1) is 6.92 Å². The summed E-state index contributed by atoms with van der Waals surface area (Å²) in [5.74, 6) is 0.0422. The lowest BCUT2D eigenvalue weighted by Gasteiger charge is -2.19. The summed E-state index contributed by atoms with van der Waals surface area (Å²) in [4.78, 5) is 20.3. The van der Waals surface area contributed by atoms with Crippen molar-refractivity contribution in [2.24, 2.45) is 0 Å². The second-order valence-electron chi connectivity index (χ2n) is 6.84. The molecule has 1 saturated heterocycles. The maximum Gasteiger partial charge on any atom is 0.265 e. The van der Waals surface area contributed by atoms with Gasteiger partial charge in [-0.2, -0.15) is 0 Å². The molecule has 3 aromatic rings. The Bertz CT molecular complexity index is 945. The molecule has 0 spiro atoms. The van der Waals surface area contributed by atoms with Gasteiger partial charge in [-0.3, -0.25) is 4.79 Å². The molecule has 1 aliphatic heterocycles. The first-order valence-electron chi connectivity index (χ1n) is 9.06. The molecule has 2 heterocycles. The van der Waals surface area contributed by atoms with Crippen LogP contribution in [0.1, 0.15) is 34.6 Å². The maximum atomic E-state index is 13.0. The number of aliphatic hydroxyl groups excluding tert-OH is 1. The van der Waals surface area contributed by atoms with Crippen LogP contribution in [0.25, 0.3) is 21.3 Å². The predicted octanol–water partition coefficient (Wildman–Crippen LogP) is 4.26. The van der Waals surface area contributed by atoms with Gasteiger partial charge in [0.1, 0.15) is 9.88 Å². The zero-order valence-corrected chi connectivity index (χ0v) is 15.6. The molecule has 5 heteroatoms. The molecular weight excluding hydrogens is 344 g/mol. The third kappa shape index (κ3) is 3.24. The van der Waals surface area contributed by atoms with Gasteiger partial charge in [-0.25, -0.2) is 4.98 Å². The molecule has 0 bridgehead atoms. The third-order valence-electron chi connectivity index (χ3n) is 5.00. The monoisotopic (exact) mass is 366 g/mol. The summed E-state index contributed by atoms with van der Waals surface area (Å²) in [7, 11) is 0. The van der Waals surface area contributed by atoms with Gasteiger partial charge in [0.25, 0.3) is 5.91 Å². The number of fused-ring (bicyclic) bond motifs is 1. The van der Waals surface area contributed by atoms with Crippen molar-refractivity contribution in [2.45, 2.75) is 32.3 Å². The first-order valence-corrected chi connectivity index (χ1v) is 9.88. The highest BCUT2D eigenvalue weighted by atomic mass is 32.1. The fourth-order valence-corrected chi connectivity index (χ4v) is 4.62. The molecule has 134 valence electrons. The number of carbonyl (C=O) groups excluding carboxylic acids is 1. The highest BCUT2D eigenvalue weighted by Crippen LogP contribution is 2.34. The van der Waals surface area contributed by atoms with Gasteiger partial charge in [-0.05, 0) is 37.0 Å². The summed E-state index contributed by atoms with van der Waals surface area (Å²) in [6, 6.07) is 14.4. The predicted molar refractivity (Wildman–Crippen MR) is 106 cm³/mol. The minimum absolute atomic E-state index is 0.0422. The van der Waals surface area contributed by atoms with Gasteiger partial charge in [-0.15, -0.1) is 11.3 Å². The molecule has 4 rings (SSSR count). The smallest absolute Gasteiger partial charge is 0.265 e. The Morgan fingerprint density at radius 2 is 1.96 bits per heavy atom. The van der Waals surface area contributed by atoms with Gasteiger partial charge in [0.15, 0.2) is 0 Å². The zero-order chi connectivity index (χ0) is 18.1. The first-order chi connectivity index (χ1) is 12.6. The minimum Gasteiger partial charge on any atom is -0.393 e. The lowest BCUT2D eigenvalue weighted by Crippen LogP contribution is -2.32. The van der Waals surface area contributed by atoms with E-state index in [2.05, 4.69) is 24.3 Å². The fraction of sp³-hybridized carbons (Fsp3) is 0.333. The average molecular weight is 366 g/mol. The Hall–Kier alpha value is -2.24. The number of aryl methyl sites for hydroxylation is 1. The molecule has 4 nitrogen and oxygen atoms in total. The summed E-state index contributed by atoms with van der Waals surface area (Å²) in [6.45, 7) is 3.23. The molecule has 1 atom stereocenters. The zero-order valence-electron chi connectivity index (χ0n) is 14.8. The normalized spacial score (nSPS) is 18.1. The maximum absolute atomic E-state index is 13.0. The SMILES string of the molecule is Cc1nc(-c2cccc3ccccc23)sc1C(=O)N1CCCC(O)CC1. The van der Waals surface area contributed by atoms with Crippen molar-refractivity contribution in [3.63, 3.8) is 0 Å². The van der Waals surface area contributed by atoms with Crippen LogP contribution in [0.15, 0.2) is 42.5 Å². The number of likely N-dealkylation sites (tertiary alicyclic amines) is 1. The van der Waals surface area contributed by atoms with E-state index in [1.807, 2.05) is 30.0 Å². The Morgan fingerprint density at radius 1 is 1.15 bits per heavy atom. The van der Waals surface area contributed by atoms with Gasteiger partial charge >= 0.3 is 0 Å². The van der Waals surface area contributed by atoms with E-state index in [0.717, 1.165) is 34.5 Å². The minimum atomic E-state index is -0.290. The number of thiazole rings is 1. The Kier molecular flexibility index (Phi) is 4.74. The summed E-state index contributed by atoms with van der Waals surface area (Å²) in [5, 5.41) is 13.0. The number of hydrogen-bond donors (Lipinski definition) is 1. The van der Waals surface area contributed by atoms with Crippen LogP contribution in [-0.4, -0.2) is 40.1 Å². The molecule has 1 amide bonds. The Labute approximate surface area is 157 Å². The largest absolute Gasteiger partial charge is 0.393 e. The average Bonchev–Trinajstić information content (AvgIpc) is 2.91. The molecule has 1 N–H and O–H groups in total. The molecule has 2 aromatic carbocycles. The van der Waals surface area contributed by atoms with E-state index in [1.165, 1.54) is 16.7 Å². The molecule has 26 heavy (non-hydrogen) atoms.